The molecule has 1 nitrogen and oxygen atoms in total. The summed E-state index contributed by atoms with van der Waals surface area (Å²) in [4.78, 5) is 0. The van der Waals surface area contributed by atoms with Crippen molar-refractivity contribution in [3.63, 3.8) is 0 Å². The van der Waals surface area contributed by atoms with Crippen molar-refractivity contribution >= 4 is 0 Å². The molecule has 2 saturated carbocycles. The minimum Gasteiger partial charge on any atom is -0.313 e. The summed E-state index contributed by atoms with van der Waals surface area (Å²) in [5.74, 6) is 1.01. The number of rotatable bonds is 2. The lowest BCUT2D eigenvalue weighted by molar-refractivity contribution is -0.189. The van der Waals surface area contributed by atoms with Crippen molar-refractivity contribution in [2.24, 2.45) is 23.7 Å². The fourth-order valence-electron chi connectivity index (χ4n) is 4.58. The van der Waals surface area contributed by atoms with Gasteiger partial charge in [-0.2, -0.15) is 13.2 Å². The van der Waals surface area contributed by atoms with E-state index in [2.05, 4.69) is 5.32 Å². The van der Waals surface area contributed by atoms with Crippen molar-refractivity contribution < 1.29 is 13.2 Å². The molecule has 18 heavy (non-hydrogen) atoms. The predicted octanol–water partition coefficient (Wildman–Crippen LogP) is 3.74. The lowest BCUT2D eigenvalue weighted by atomic mass is 9.78. The maximum absolute atomic E-state index is 13.0. The number of alkyl halides is 3. The molecule has 2 bridgehead atoms. The molecule has 0 amide bonds. The zero-order valence-electron chi connectivity index (χ0n) is 10.7. The van der Waals surface area contributed by atoms with E-state index in [-0.39, 0.29) is 6.04 Å². The molecule has 2 aliphatic carbocycles. The molecule has 1 heterocycles. The molecule has 0 radical (unpaired) electrons. The van der Waals surface area contributed by atoms with Gasteiger partial charge in [0.15, 0.2) is 0 Å². The Bertz CT molecular complexity index is 302. The molecule has 4 heteroatoms. The highest BCUT2D eigenvalue weighted by Crippen LogP contribution is 2.51. The van der Waals surface area contributed by atoms with E-state index in [4.69, 9.17) is 0 Å². The van der Waals surface area contributed by atoms with E-state index in [0.717, 1.165) is 24.8 Å². The van der Waals surface area contributed by atoms with Crippen LogP contribution < -0.4 is 5.32 Å². The SMILES string of the molecule is FC(F)(F)C1CCCNC1CC1CC2CCC1C2. The van der Waals surface area contributed by atoms with Gasteiger partial charge >= 0.3 is 6.18 Å². The van der Waals surface area contributed by atoms with Crippen LogP contribution in [0.2, 0.25) is 0 Å². The van der Waals surface area contributed by atoms with Gasteiger partial charge in [0.2, 0.25) is 0 Å². The number of hydrogen-bond acceptors (Lipinski definition) is 1. The standard InChI is InChI=1S/C14H22F3N/c15-14(16,17)12-2-1-5-18-13(12)8-11-7-9-3-4-10(11)6-9/h9-13,18H,1-8H2. The highest BCUT2D eigenvalue weighted by molar-refractivity contribution is 4.94. The molecule has 3 fully saturated rings. The first kappa shape index (κ1) is 12.8. The van der Waals surface area contributed by atoms with Crippen molar-refractivity contribution in [2.45, 2.75) is 57.2 Å². The molecule has 5 atom stereocenters. The molecule has 1 N–H and O–H groups in total. The van der Waals surface area contributed by atoms with Crippen molar-refractivity contribution in [3.05, 3.63) is 0 Å². The quantitative estimate of drug-likeness (QED) is 0.798. The molecule has 3 aliphatic rings. The van der Waals surface area contributed by atoms with E-state index < -0.39 is 12.1 Å². The van der Waals surface area contributed by atoms with Crippen LogP contribution in [-0.4, -0.2) is 18.8 Å². The van der Waals surface area contributed by atoms with E-state index in [0.29, 0.717) is 18.8 Å². The van der Waals surface area contributed by atoms with Gasteiger partial charge < -0.3 is 5.32 Å². The molecular weight excluding hydrogens is 239 g/mol. The highest BCUT2D eigenvalue weighted by atomic mass is 19.4. The summed E-state index contributed by atoms with van der Waals surface area (Å²) in [6.45, 7) is 0.762. The number of piperidine rings is 1. The van der Waals surface area contributed by atoms with Crippen LogP contribution >= 0.6 is 0 Å². The molecule has 0 aromatic rings. The summed E-state index contributed by atoms with van der Waals surface area (Å²) in [5.41, 5.74) is 0. The Kier molecular flexibility index (Phi) is 3.33. The third-order valence-electron chi connectivity index (χ3n) is 5.45. The van der Waals surface area contributed by atoms with E-state index >= 15 is 0 Å². The Hall–Kier alpha value is -0.250. The smallest absolute Gasteiger partial charge is 0.313 e. The second-order valence-corrected chi connectivity index (χ2v) is 6.52. The molecule has 1 saturated heterocycles. The molecular formula is C14H22F3N. The molecule has 0 spiro atoms. The fraction of sp³-hybridized carbons (Fsp3) is 1.00. The normalized spacial score (nSPS) is 44.5. The molecule has 5 unspecified atom stereocenters. The Morgan fingerprint density at radius 1 is 1.06 bits per heavy atom. The largest absolute Gasteiger partial charge is 0.393 e. The van der Waals surface area contributed by atoms with Gasteiger partial charge in [0.25, 0.3) is 0 Å². The minimum absolute atomic E-state index is 0.317. The van der Waals surface area contributed by atoms with Crippen molar-refractivity contribution in [3.8, 4) is 0 Å². The Balaban J connectivity index is 1.63. The number of nitrogens with one attached hydrogen (secondary N) is 1. The van der Waals surface area contributed by atoms with Crippen LogP contribution in [-0.2, 0) is 0 Å². The molecule has 104 valence electrons. The molecule has 0 aromatic carbocycles. The van der Waals surface area contributed by atoms with E-state index in [1.165, 1.54) is 25.7 Å². The summed E-state index contributed by atoms with van der Waals surface area (Å²) >= 11 is 0. The Morgan fingerprint density at radius 2 is 1.89 bits per heavy atom. The van der Waals surface area contributed by atoms with Crippen molar-refractivity contribution in [1.29, 1.82) is 0 Å². The van der Waals surface area contributed by atoms with E-state index in [1.54, 1.807) is 0 Å². The van der Waals surface area contributed by atoms with E-state index in [1.807, 2.05) is 0 Å². The summed E-state index contributed by atoms with van der Waals surface area (Å²) in [6.07, 6.45) is 2.78. The maximum atomic E-state index is 13.0. The first-order valence-electron chi connectivity index (χ1n) is 7.34. The van der Waals surface area contributed by atoms with Gasteiger partial charge in [-0.1, -0.05) is 6.42 Å². The van der Waals surface area contributed by atoms with Crippen molar-refractivity contribution in [2.75, 3.05) is 6.54 Å². The fourth-order valence-corrected chi connectivity index (χ4v) is 4.58. The minimum atomic E-state index is -4.02. The maximum Gasteiger partial charge on any atom is 0.393 e. The summed E-state index contributed by atoms with van der Waals surface area (Å²) < 4.78 is 39.0. The number of hydrogen-bond donors (Lipinski definition) is 1. The van der Waals surface area contributed by atoms with Crippen LogP contribution in [0.1, 0.15) is 44.9 Å². The first-order chi connectivity index (χ1) is 8.54. The van der Waals surface area contributed by atoms with Gasteiger partial charge in [-0.05, 0) is 62.8 Å². The van der Waals surface area contributed by atoms with Crippen LogP contribution in [0.15, 0.2) is 0 Å². The zero-order valence-corrected chi connectivity index (χ0v) is 10.7. The summed E-state index contributed by atoms with van der Waals surface area (Å²) in [5, 5.41) is 3.14. The van der Waals surface area contributed by atoms with Gasteiger partial charge in [-0.3, -0.25) is 0 Å². The zero-order chi connectivity index (χ0) is 12.8. The number of halogens is 3. The average molecular weight is 261 g/mol. The summed E-state index contributed by atoms with van der Waals surface area (Å²) in [6, 6.07) is -0.317. The van der Waals surface area contributed by atoms with Gasteiger partial charge in [0, 0.05) is 6.04 Å². The monoisotopic (exact) mass is 261 g/mol. The third-order valence-corrected chi connectivity index (χ3v) is 5.45. The Morgan fingerprint density at radius 3 is 2.50 bits per heavy atom. The lowest BCUT2D eigenvalue weighted by Crippen LogP contribution is -2.48. The first-order valence-corrected chi connectivity index (χ1v) is 7.34. The Labute approximate surface area is 107 Å². The third kappa shape index (κ3) is 2.40. The van der Waals surface area contributed by atoms with Gasteiger partial charge in [0.05, 0.1) is 5.92 Å². The lowest BCUT2D eigenvalue weighted by Gasteiger charge is -2.37. The van der Waals surface area contributed by atoms with Gasteiger partial charge in [-0.15, -0.1) is 0 Å². The van der Waals surface area contributed by atoms with Crippen molar-refractivity contribution in [1.82, 2.24) is 5.32 Å². The van der Waals surface area contributed by atoms with E-state index in [9.17, 15) is 13.2 Å². The molecule has 0 aromatic heterocycles. The highest BCUT2D eigenvalue weighted by Gasteiger charge is 2.48. The number of fused-ring (bicyclic) bond motifs is 2. The van der Waals surface area contributed by atoms with Crippen LogP contribution in [0.5, 0.6) is 0 Å². The summed E-state index contributed by atoms with van der Waals surface area (Å²) in [7, 11) is 0. The van der Waals surface area contributed by atoms with Crippen LogP contribution in [0.3, 0.4) is 0 Å². The van der Waals surface area contributed by atoms with Crippen LogP contribution in [0.25, 0.3) is 0 Å². The predicted molar refractivity (Wildman–Crippen MR) is 64.1 cm³/mol. The topological polar surface area (TPSA) is 12.0 Å². The molecule has 3 rings (SSSR count). The average Bonchev–Trinajstić information content (AvgIpc) is 2.90. The van der Waals surface area contributed by atoms with Crippen LogP contribution in [0, 0.1) is 23.7 Å². The second-order valence-electron chi connectivity index (χ2n) is 6.52. The second kappa shape index (κ2) is 4.69. The van der Waals surface area contributed by atoms with Crippen LogP contribution in [0.4, 0.5) is 13.2 Å². The molecule has 1 aliphatic heterocycles. The van der Waals surface area contributed by atoms with Gasteiger partial charge in [-0.25, -0.2) is 0 Å². The van der Waals surface area contributed by atoms with Gasteiger partial charge in [0.1, 0.15) is 0 Å².